The van der Waals surface area contributed by atoms with Crippen molar-refractivity contribution in [2.75, 3.05) is 6.54 Å². The molecule has 1 fully saturated rings. The Morgan fingerprint density at radius 1 is 1.24 bits per heavy atom. The minimum absolute atomic E-state index is 0.0498. The van der Waals surface area contributed by atoms with E-state index < -0.39 is 5.54 Å². The molecular weight excluding hydrogens is 366 g/mol. The number of nitrogens with one attached hydrogen (secondary N) is 1. The van der Waals surface area contributed by atoms with E-state index in [1.165, 1.54) is 0 Å². The van der Waals surface area contributed by atoms with Crippen LogP contribution in [0.2, 0.25) is 0 Å². The summed E-state index contributed by atoms with van der Waals surface area (Å²) in [5.74, 6) is 1.03. The van der Waals surface area contributed by atoms with Crippen molar-refractivity contribution in [1.29, 1.82) is 0 Å². The molecule has 1 aliphatic heterocycles. The van der Waals surface area contributed by atoms with E-state index in [1.54, 1.807) is 11.2 Å². The summed E-state index contributed by atoms with van der Waals surface area (Å²) in [6.07, 6.45) is 6.84. The van der Waals surface area contributed by atoms with E-state index >= 15 is 0 Å². The van der Waals surface area contributed by atoms with Crippen molar-refractivity contribution in [3.63, 3.8) is 0 Å². The van der Waals surface area contributed by atoms with Crippen molar-refractivity contribution in [2.45, 2.75) is 71.0 Å². The van der Waals surface area contributed by atoms with Crippen molar-refractivity contribution in [1.82, 2.24) is 14.8 Å². The van der Waals surface area contributed by atoms with Crippen molar-refractivity contribution in [3.05, 3.63) is 36.2 Å². The van der Waals surface area contributed by atoms with Crippen LogP contribution in [0.15, 0.2) is 34.9 Å². The molecule has 0 saturated heterocycles. The molecular formula is C23H31N3O3. The minimum atomic E-state index is -0.929. The minimum Gasteiger partial charge on any atom is -0.463 e. The molecule has 4 rings (SSSR count). The van der Waals surface area contributed by atoms with E-state index in [0.29, 0.717) is 30.5 Å². The summed E-state index contributed by atoms with van der Waals surface area (Å²) in [6, 6.07) is 7.69. The van der Waals surface area contributed by atoms with E-state index in [1.807, 2.05) is 35.8 Å². The number of nitrogens with zero attached hydrogens (tertiary/aromatic N) is 2. The van der Waals surface area contributed by atoms with Crippen LogP contribution in [-0.2, 0) is 11.3 Å². The molecule has 1 N–H and O–H groups in total. The SMILES string of the molecule is CC(C)CCN1C(=O)c2ccc(-c3ccco3)n2C[C@]1(C)C(=O)NC1CCCC1. The van der Waals surface area contributed by atoms with Crippen molar-refractivity contribution in [3.8, 4) is 11.5 Å². The Hall–Kier alpha value is -2.50. The van der Waals surface area contributed by atoms with Crippen molar-refractivity contribution in [2.24, 2.45) is 5.92 Å². The monoisotopic (exact) mass is 397 g/mol. The number of rotatable bonds is 6. The lowest BCUT2D eigenvalue weighted by molar-refractivity contribution is -0.133. The third-order valence-electron chi connectivity index (χ3n) is 6.39. The molecule has 6 heteroatoms. The first-order valence-corrected chi connectivity index (χ1v) is 10.8. The quantitative estimate of drug-likeness (QED) is 0.799. The van der Waals surface area contributed by atoms with Crippen LogP contribution in [0.4, 0.5) is 0 Å². The summed E-state index contributed by atoms with van der Waals surface area (Å²) in [4.78, 5) is 28.7. The lowest BCUT2D eigenvalue weighted by atomic mass is 9.93. The average molecular weight is 398 g/mol. The Morgan fingerprint density at radius 2 is 1.97 bits per heavy atom. The van der Waals surface area contributed by atoms with E-state index in [4.69, 9.17) is 4.42 Å². The molecule has 29 heavy (non-hydrogen) atoms. The molecule has 1 atom stereocenters. The molecule has 0 unspecified atom stereocenters. The topological polar surface area (TPSA) is 67.5 Å². The summed E-state index contributed by atoms with van der Waals surface area (Å²) in [5.41, 5.74) is 0.523. The van der Waals surface area contributed by atoms with E-state index in [0.717, 1.165) is 37.8 Å². The third-order valence-corrected chi connectivity index (χ3v) is 6.39. The van der Waals surface area contributed by atoms with Gasteiger partial charge in [0.1, 0.15) is 17.0 Å². The van der Waals surface area contributed by atoms with Gasteiger partial charge in [-0.1, -0.05) is 26.7 Å². The van der Waals surface area contributed by atoms with Gasteiger partial charge in [0.25, 0.3) is 5.91 Å². The predicted molar refractivity (Wildman–Crippen MR) is 111 cm³/mol. The Bertz CT molecular complexity index is 877. The second kappa shape index (κ2) is 7.73. The van der Waals surface area contributed by atoms with E-state index in [2.05, 4.69) is 19.2 Å². The number of hydrogen-bond acceptors (Lipinski definition) is 3. The van der Waals surface area contributed by atoms with Gasteiger partial charge in [-0.15, -0.1) is 0 Å². The predicted octanol–water partition coefficient (Wildman–Crippen LogP) is 4.07. The molecule has 0 aromatic carbocycles. The van der Waals surface area contributed by atoms with Crippen LogP contribution in [0.1, 0.15) is 63.4 Å². The molecule has 0 radical (unpaired) electrons. The third kappa shape index (κ3) is 3.61. The van der Waals surface area contributed by atoms with Gasteiger partial charge in [0.05, 0.1) is 18.5 Å². The molecule has 2 aliphatic rings. The van der Waals surface area contributed by atoms with Gasteiger partial charge in [-0.05, 0) is 56.4 Å². The van der Waals surface area contributed by atoms with Crippen LogP contribution in [-0.4, -0.2) is 39.4 Å². The number of aromatic nitrogens is 1. The number of amides is 2. The average Bonchev–Trinajstić information content (AvgIpc) is 3.42. The van der Waals surface area contributed by atoms with Gasteiger partial charge in [-0.2, -0.15) is 0 Å². The Balaban J connectivity index is 1.70. The van der Waals surface area contributed by atoms with Gasteiger partial charge in [0, 0.05) is 12.6 Å². The Kier molecular flexibility index (Phi) is 5.28. The standard InChI is InChI=1S/C23H31N3O3/c1-16(2)12-13-26-21(27)19-11-10-18(20-9-6-14-29-20)25(19)15-23(26,3)22(28)24-17-7-4-5-8-17/h6,9-11,14,16-17H,4-5,7-8,12-13,15H2,1-3H3,(H,24,28)/t23-/m1/s1. The molecule has 0 bridgehead atoms. The smallest absolute Gasteiger partial charge is 0.271 e. The van der Waals surface area contributed by atoms with Crippen LogP contribution >= 0.6 is 0 Å². The number of fused-ring (bicyclic) bond motifs is 1. The molecule has 1 saturated carbocycles. The van der Waals surface area contributed by atoms with E-state index in [9.17, 15) is 9.59 Å². The molecule has 0 spiro atoms. The van der Waals surface area contributed by atoms with Crippen LogP contribution in [0.5, 0.6) is 0 Å². The van der Waals surface area contributed by atoms with Gasteiger partial charge in [-0.3, -0.25) is 9.59 Å². The fourth-order valence-corrected chi connectivity index (χ4v) is 4.56. The summed E-state index contributed by atoms with van der Waals surface area (Å²) >= 11 is 0. The van der Waals surface area contributed by atoms with Gasteiger partial charge >= 0.3 is 0 Å². The normalized spacial score (nSPS) is 22.3. The van der Waals surface area contributed by atoms with E-state index in [-0.39, 0.29) is 17.9 Å². The van der Waals surface area contributed by atoms with Crippen LogP contribution in [0, 0.1) is 5.92 Å². The van der Waals surface area contributed by atoms with Crippen LogP contribution in [0.3, 0.4) is 0 Å². The van der Waals surface area contributed by atoms with Crippen molar-refractivity contribution >= 4 is 11.8 Å². The zero-order chi connectivity index (χ0) is 20.6. The first-order valence-electron chi connectivity index (χ1n) is 10.8. The fourth-order valence-electron chi connectivity index (χ4n) is 4.56. The van der Waals surface area contributed by atoms with Gasteiger partial charge in [-0.25, -0.2) is 0 Å². The molecule has 2 aromatic heterocycles. The second-order valence-corrected chi connectivity index (χ2v) is 9.04. The maximum absolute atomic E-state index is 13.5. The fraction of sp³-hybridized carbons (Fsp3) is 0.565. The zero-order valence-electron chi connectivity index (χ0n) is 17.6. The lowest BCUT2D eigenvalue weighted by Gasteiger charge is -2.45. The lowest BCUT2D eigenvalue weighted by Crippen LogP contribution is -2.65. The molecule has 2 amide bonds. The molecule has 1 aliphatic carbocycles. The maximum Gasteiger partial charge on any atom is 0.271 e. The highest BCUT2D eigenvalue weighted by molar-refractivity contribution is 6.00. The molecule has 156 valence electrons. The number of carbonyl (C=O) groups excluding carboxylic acids is 2. The van der Waals surface area contributed by atoms with Gasteiger partial charge in [0.2, 0.25) is 5.91 Å². The van der Waals surface area contributed by atoms with Gasteiger partial charge < -0.3 is 19.2 Å². The Morgan fingerprint density at radius 3 is 2.62 bits per heavy atom. The highest BCUT2D eigenvalue weighted by Crippen LogP contribution is 2.34. The largest absolute Gasteiger partial charge is 0.463 e. The van der Waals surface area contributed by atoms with Crippen LogP contribution in [0.25, 0.3) is 11.5 Å². The highest BCUT2D eigenvalue weighted by Gasteiger charge is 2.48. The summed E-state index contributed by atoms with van der Waals surface area (Å²) in [5, 5.41) is 3.23. The number of furan rings is 1. The molecule has 2 aromatic rings. The summed E-state index contributed by atoms with van der Waals surface area (Å²) in [6.45, 7) is 7.19. The maximum atomic E-state index is 13.5. The first kappa shape index (κ1) is 19.8. The zero-order valence-corrected chi connectivity index (χ0v) is 17.6. The molecule has 6 nitrogen and oxygen atoms in total. The second-order valence-electron chi connectivity index (χ2n) is 9.04. The first-order chi connectivity index (χ1) is 13.9. The van der Waals surface area contributed by atoms with Crippen molar-refractivity contribution < 1.29 is 14.0 Å². The number of hydrogen-bond donors (Lipinski definition) is 1. The Labute approximate surface area is 172 Å². The summed E-state index contributed by atoms with van der Waals surface area (Å²) < 4.78 is 7.52. The number of carbonyl (C=O) groups is 2. The van der Waals surface area contributed by atoms with Gasteiger partial charge in [0.15, 0.2) is 0 Å². The molecule has 3 heterocycles. The highest BCUT2D eigenvalue weighted by atomic mass is 16.3. The summed E-state index contributed by atoms with van der Waals surface area (Å²) in [7, 11) is 0. The van der Waals surface area contributed by atoms with Crippen LogP contribution < -0.4 is 5.32 Å².